The van der Waals surface area contributed by atoms with Crippen LogP contribution in [-0.2, 0) is 5.75 Å². The summed E-state index contributed by atoms with van der Waals surface area (Å²) < 4.78 is 0. The molecule has 0 atom stereocenters. The van der Waals surface area contributed by atoms with Crippen LogP contribution >= 0.6 is 35.0 Å². The smallest absolute Gasteiger partial charge is 0.188 e. The van der Waals surface area contributed by atoms with Crippen LogP contribution in [0.4, 0.5) is 0 Å². The summed E-state index contributed by atoms with van der Waals surface area (Å²) in [5.41, 5.74) is 4.08. The molecule has 0 amide bonds. The first-order valence-electron chi connectivity index (χ1n) is 7.09. The average molecular weight is 361 g/mol. The van der Waals surface area contributed by atoms with Crippen LogP contribution in [0.2, 0.25) is 10.0 Å². The largest absolute Gasteiger partial charge is 0.228 e. The van der Waals surface area contributed by atoms with E-state index in [0.29, 0.717) is 10.0 Å². The molecule has 3 rings (SSSR count). The first-order valence-corrected chi connectivity index (χ1v) is 8.84. The van der Waals surface area contributed by atoms with Gasteiger partial charge in [-0.3, -0.25) is 0 Å². The molecule has 0 bridgehead atoms. The predicted octanol–water partition coefficient (Wildman–Crippen LogP) is 6.05. The van der Waals surface area contributed by atoms with E-state index in [2.05, 4.69) is 22.1 Å². The fraction of sp³-hybridized carbons (Fsp3) is 0.111. The molecular weight excluding hydrogens is 347 g/mol. The Hall–Kier alpha value is -1.55. The summed E-state index contributed by atoms with van der Waals surface area (Å²) in [5.74, 6) is 0.745. The van der Waals surface area contributed by atoms with Gasteiger partial charge in [0.2, 0.25) is 0 Å². The zero-order chi connectivity index (χ0) is 16.2. The van der Waals surface area contributed by atoms with E-state index >= 15 is 0 Å². The van der Waals surface area contributed by atoms with Crippen molar-refractivity contribution in [3.05, 3.63) is 75.9 Å². The molecule has 1 heterocycles. The van der Waals surface area contributed by atoms with Crippen molar-refractivity contribution in [2.75, 3.05) is 0 Å². The van der Waals surface area contributed by atoms with Gasteiger partial charge in [-0.15, -0.1) is 0 Å². The number of rotatable bonds is 4. The first kappa shape index (κ1) is 16.3. The third-order valence-electron chi connectivity index (χ3n) is 3.26. The Kier molecular flexibility index (Phi) is 5.21. The van der Waals surface area contributed by atoms with Crippen LogP contribution in [0.25, 0.3) is 11.3 Å². The molecule has 2 aromatic carbocycles. The molecule has 0 aliphatic heterocycles. The van der Waals surface area contributed by atoms with Crippen LogP contribution in [0.3, 0.4) is 0 Å². The van der Waals surface area contributed by atoms with Crippen LogP contribution in [-0.4, -0.2) is 9.97 Å². The van der Waals surface area contributed by atoms with Gasteiger partial charge in [0.1, 0.15) is 0 Å². The maximum atomic E-state index is 6.05. The predicted molar refractivity (Wildman–Crippen MR) is 98.2 cm³/mol. The van der Waals surface area contributed by atoms with E-state index in [9.17, 15) is 0 Å². The van der Waals surface area contributed by atoms with Gasteiger partial charge in [0.05, 0.1) is 15.7 Å². The summed E-state index contributed by atoms with van der Waals surface area (Å²) in [6.45, 7) is 1.98. The Balaban J connectivity index is 1.80. The van der Waals surface area contributed by atoms with Gasteiger partial charge < -0.3 is 0 Å². The van der Waals surface area contributed by atoms with Gasteiger partial charge >= 0.3 is 0 Å². The van der Waals surface area contributed by atoms with Crippen LogP contribution in [0, 0.1) is 6.92 Å². The van der Waals surface area contributed by atoms with E-state index in [1.165, 1.54) is 0 Å². The first-order chi connectivity index (χ1) is 11.1. The molecule has 0 fully saturated rings. The Bertz CT molecular complexity index is 823. The summed E-state index contributed by atoms with van der Waals surface area (Å²) in [4.78, 5) is 9.16. The van der Waals surface area contributed by atoms with Crippen molar-refractivity contribution in [1.82, 2.24) is 9.97 Å². The lowest BCUT2D eigenvalue weighted by Crippen LogP contribution is -1.94. The van der Waals surface area contributed by atoms with Gasteiger partial charge in [0, 0.05) is 17.0 Å². The number of hydrogen-bond donors (Lipinski definition) is 0. The molecule has 0 saturated heterocycles. The van der Waals surface area contributed by atoms with Crippen LogP contribution in [0.1, 0.15) is 11.3 Å². The van der Waals surface area contributed by atoms with E-state index in [4.69, 9.17) is 23.2 Å². The third kappa shape index (κ3) is 4.25. The summed E-state index contributed by atoms with van der Waals surface area (Å²) in [6, 6.07) is 17.8. The van der Waals surface area contributed by atoms with Gasteiger partial charge in [-0.25, -0.2) is 9.97 Å². The molecule has 2 nitrogen and oxygen atoms in total. The zero-order valence-electron chi connectivity index (χ0n) is 12.5. The monoisotopic (exact) mass is 360 g/mol. The highest BCUT2D eigenvalue weighted by atomic mass is 35.5. The molecule has 116 valence electrons. The third-order valence-corrected chi connectivity index (χ3v) is 4.91. The Morgan fingerprint density at radius 1 is 0.913 bits per heavy atom. The Morgan fingerprint density at radius 2 is 1.70 bits per heavy atom. The fourth-order valence-electron chi connectivity index (χ4n) is 2.14. The zero-order valence-corrected chi connectivity index (χ0v) is 14.8. The van der Waals surface area contributed by atoms with Gasteiger partial charge in [-0.05, 0) is 30.7 Å². The van der Waals surface area contributed by atoms with E-state index in [-0.39, 0.29) is 0 Å². The minimum Gasteiger partial charge on any atom is -0.228 e. The second-order valence-electron chi connectivity index (χ2n) is 5.08. The molecule has 0 aliphatic rings. The fourth-order valence-corrected chi connectivity index (χ4v) is 3.31. The SMILES string of the molecule is Cc1cc(-c2ccccc2)nc(SCc2ccc(Cl)c(Cl)c2)n1. The van der Waals surface area contributed by atoms with Crippen molar-refractivity contribution in [1.29, 1.82) is 0 Å². The highest BCUT2D eigenvalue weighted by Crippen LogP contribution is 2.27. The molecular formula is C18H14Cl2N2S. The second kappa shape index (κ2) is 7.35. The number of nitrogens with zero attached hydrogens (tertiary/aromatic N) is 2. The van der Waals surface area contributed by atoms with Gasteiger partial charge in [-0.2, -0.15) is 0 Å². The van der Waals surface area contributed by atoms with Crippen LogP contribution < -0.4 is 0 Å². The molecule has 0 saturated carbocycles. The van der Waals surface area contributed by atoms with E-state index < -0.39 is 0 Å². The highest BCUT2D eigenvalue weighted by Gasteiger charge is 2.06. The van der Waals surface area contributed by atoms with Gasteiger partial charge in [0.25, 0.3) is 0 Å². The van der Waals surface area contributed by atoms with Crippen LogP contribution in [0.5, 0.6) is 0 Å². The average Bonchev–Trinajstić information content (AvgIpc) is 2.56. The number of halogens is 2. The lowest BCUT2D eigenvalue weighted by atomic mass is 10.1. The van der Waals surface area contributed by atoms with Crippen LogP contribution in [0.15, 0.2) is 59.8 Å². The topological polar surface area (TPSA) is 25.8 Å². The maximum absolute atomic E-state index is 6.05. The Labute approximate surface area is 149 Å². The van der Waals surface area contributed by atoms with Gasteiger partial charge in [-0.1, -0.05) is 71.4 Å². The molecule has 3 aromatic rings. The standard InChI is InChI=1S/C18H14Cl2N2S/c1-12-9-17(14-5-3-2-4-6-14)22-18(21-12)23-11-13-7-8-15(19)16(20)10-13/h2-10H,11H2,1H3. The molecule has 23 heavy (non-hydrogen) atoms. The molecule has 0 N–H and O–H groups in total. The molecule has 0 radical (unpaired) electrons. The van der Waals surface area contributed by atoms with Gasteiger partial charge in [0.15, 0.2) is 5.16 Å². The number of benzene rings is 2. The quantitative estimate of drug-likeness (QED) is 0.418. The molecule has 0 aliphatic carbocycles. The van der Waals surface area contributed by atoms with Crippen molar-refractivity contribution in [2.24, 2.45) is 0 Å². The maximum Gasteiger partial charge on any atom is 0.188 e. The lowest BCUT2D eigenvalue weighted by Gasteiger charge is -2.07. The van der Waals surface area contributed by atoms with Crippen molar-refractivity contribution in [3.63, 3.8) is 0 Å². The minimum absolute atomic E-state index is 0.568. The summed E-state index contributed by atoms with van der Waals surface area (Å²) >= 11 is 13.6. The van der Waals surface area contributed by atoms with E-state index in [1.807, 2.05) is 49.4 Å². The molecule has 0 unspecified atom stereocenters. The number of aryl methyl sites for hydroxylation is 1. The molecule has 0 spiro atoms. The van der Waals surface area contributed by atoms with Crippen molar-refractivity contribution in [2.45, 2.75) is 17.8 Å². The second-order valence-corrected chi connectivity index (χ2v) is 6.84. The summed E-state index contributed by atoms with van der Waals surface area (Å²) in [6.07, 6.45) is 0. The summed E-state index contributed by atoms with van der Waals surface area (Å²) in [5, 5.41) is 1.90. The van der Waals surface area contributed by atoms with Crippen molar-refractivity contribution < 1.29 is 0 Å². The molecule has 1 aromatic heterocycles. The van der Waals surface area contributed by atoms with Crippen molar-refractivity contribution >= 4 is 35.0 Å². The number of hydrogen-bond acceptors (Lipinski definition) is 3. The number of thioether (sulfide) groups is 1. The minimum atomic E-state index is 0.568. The van der Waals surface area contributed by atoms with E-state index in [0.717, 1.165) is 33.4 Å². The summed E-state index contributed by atoms with van der Waals surface area (Å²) in [7, 11) is 0. The Morgan fingerprint density at radius 3 is 2.43 bits per heavy atom. The van der Waals surface area contributed by atoms with E-state index in [1.54, 1.807) is 11.8 Å². The normalized spacial score (nSPS) is 10.7. The number of aromatic nitrogens is 2. The molecule has 5 heteroatoms. The van der Waals surface area contributed by atoms with Crippen molar-refractivity contribution in [3.8, 4) is 11.3 Å². The highest BCUT2D eigenvalue weighted by molar-refractivity contribution is 7.98. The lowest BCUT2D eigenvalue weighted by molar-refractivity contribution is 0.937.